The number of aromatic nitrogens is 3. The smallest absolute Gasteiger partial charge is 0.413 e. The molecule has 0 saturated heterocycles. The summed E-state index contributed by atoms with van der Waals surface area (Å²) in [4.78, 5) is 31.8. The number of hydrogen-bond donors (Lipinski definition) is 4. The number of pyridine rings is 1. The number of aldehydes is 1. The lowest BCUT2D eigenvalue weighted by Gasteiger charge is -2.20. The number of halogens is 1. The average Bonchev–Trinajstić information content (AvgIpc) is 3.39. The number of anilines is 1. The van der Waals surface area contributed by atoms with E-state index in [1.165, 1.54) is 0 Å². The summed E-state index contributed by atoms with van der Waals surface area (Å²) in [5.41, 5.74) is 7.00. The van der Waals surface area contributed by atoms with E-state index in [4.69, 9.17) is 24.9 Å². The lowest BCUT2D eigenvalue weighted by atomic mass is 10.1. The van der Waals surface area contributed by atoms with Crippen LogP contribution in [0.4, 0.5) is 10.6 Å². The number of nitrogens with two attached hydrogens (primary N) is 2. The fourth-order valence-corrected chi connectivity index (χ4v) is 4.38. The van der Waals surface area contributed by atoms with Gasteiger partial charge in [-0.1, -0.05) is 36.8 Å². The molecule has 4 rings (SSSR count). The first-order valence-electron chi connectivity index (χ1n) is 14.7. The highest BCUT2D eigenvalue weighted by Crippen LogP contribution is 2.31. The minimum Gasteiger partial charge on any atom is -0.497 e. The van der Waals surface area contributed by atoms with Crippen molar-refractivity contribution in [2.75, 3.05) is 25.6 Å². The Labute approximate surface area is 278 Å². The van der Waals surface area contributed by atoms with Gasteiger partial charge >= 0.3 is 6.09 Å². The van der Waals surface area contributed by atoms with Crippen molar-refractivity contribution in [3.05, 3.63) is 59.9 Å². The molecule has 0 aliphatic carbocycles. The molecular formula is C32H45IN6O6. The Morgan fingerprint density at radius 3 is 2.40 bits per heavy atom. The number of hydrogen-bond acceptors (Lipinski definition) is 10. The van der Waals surface area contributed by atoms with Crippen LogP contribution in [0.1, 0.15) is 57.8 Å². The number of carbonyl (C=O) groups excluding carboxylic acids is 2. The maximum absolute atomic E-state index is 12.7. The number of methoxy groups -OCH3 is 1. The van der Waals surface area contributed by atoms with E-state index in [-0.39, 0.29) is 19.0 Å². The van der Waals surface area contributed by atoms with Crippen LogP contribution in [0, 0.1) is 0 Å². The van der Waals surface area contributed by atoms with Gasteiger partial charge in [-0.05, 0) is 63.9 Å². The van der Waals surface area contributed by atoms with E-state index >= 15 is 0 Å². The molecule has 0 spiro atoms. The van der Waals surface area contributed by atoms with Gasteiger partial charge in [-0.15, -0.1) is 0 Å². The quantitative estimate of drug-likeness (QED) is 0.0548. The minimum absolute atomic E-state index is 0.0925. The second kappa shape index (κ2) is 19.9. The van der Waals surface area contributed by atoms with Gasteiger partial charge in [0.05, 0.1) is 30.3 Å². The summed E-state index contributed by atoms with van der Waals surface area (Å²) < 4.78 is 22.6. The molecule has 246 valence electrons. The molecule has 13 heteroatoms. The molecule has 0 aliphatic heterocycles. The van der Waals surface area contributed by atoms with E-state index in [1.807, 2.05) is 47.9 Å². The molecule has 0 atom stereocenters. The second-order valence-corrected chi connectivity index (χ2v) is 10.6. The van der Waals surface area contributed by atoms with E-state index < -0.39 is 11.7 Å². The molecule has 2 aromatic carbocycles. The van der Waals surface area contributed by atoms with Crippen molar-refractivity contribution in [2.24, 2.45) is 9.68 Å². The van der Waals surface area contributed by atoms with Crippen LogP contribution < -0.4 is 19.7 Å². The monoisotopic (exact) mass is 736 g/mol. The molecule has 0 fully saturated rings. The summed E-state index contributed by atoms with van der Waals surface area (Å²) in [5, 5.41) is 14.2. The van der Waals surface area contributed by atoms with Crippen LogP contribution >= 0.6 is 22.9 Å². The molecule has 45 heavy (non-hydrogen) atoms. The fourth-order valence-electron chi connectivity index (χ4n) is 4.38. The first kappa shape index (κ1) is 37.8. The third kappa shape index (κ3) is 12.2. The number of imidazole rings is 1. The molecule has 6 N–H and O–H groups in total. The maximum Gasteiger partial charge on any atom is 0.413 e. The number of nitrogens with zero attached hydrogens (tertiary/aromatic N) is 3. The number of unbranched alkanes of at least 4 members (excludes halogenated alkanes) is 3. The Hall–Kier alpha value is -3.37. The van der Waals surface area contributed by atoms with Crippen LogP contribution in [0.3, 0.4) is 0 Å². The molecular weight excluding hydrogens is 691 g/mol. The number of fused-ring (bicyclic) bond motifs is 3. The number of rotatable bonds is 14. The van der Waals surface area contributed by atoms with Crippen LogP contribution in [-0.2, 0) is 34.0 Å². The van der Waals surface area contributed by atoms with Crippen molar-refractivity contribution in [1.29, 1.82) is 0 Å². The average molecular weight is 737 g/mol. The van der Waals surface area contributed by atoms with Gasteiger partial charge in [0.2, 0.25) is 0 Å². The number of nitrogens with one attached hydrogen (secondary N) is 1. The molecule has 0 aliphatic rings. The summed E-state index contributed by atoms with van der Waals surface area (Å²) in [6, 6.07) is 14.9. The van der Waals surface area contributed by atoms with Gasteiger partial charge in [-0.2, -0.15) is 0 Å². The zero-order valence-corrected chi connectivity index (χ0v) is 28.6. The van der Waals surface area contributed by atoms with Crippen molar-refractivity contribution >= 4 is 63.0 Å². The van der Waals surface area contributed by atoms with E-state index in [9.17, 15) is 14.7 Å². The predicted molar refractivity (Wildman–Crippen MR) is 185 cm³/mol. The maximum atomic E-state index is 12.7. The Morgan fingerprint density at radius 2 is 1.78 bits per heavy atom. The molecule has 4 aromatic rings. The molecule has 0 radical (unpaired) electrons. The molecule has 2 aromatic heterocycles. The van der Waals surface area contributed by atoms with Crippen molar-refractivity contribution in [3.8, 4) is 5.75 Å². The zero-order chi connectivity index (χ0) is 33.2. The topological polar surface area (TPSA) is 177 Å². The van der Waals surface area contributed by atoms with Gasteiger partial charge in [-0.25, -0.2) is 14.8 Å². The van der Waals surface area contributed by atoms with Gasteiger partial charge in [0.15, 0.2) is 5.82 Å². The van der Waals surface area contributed by atoms with Gasteiger partial charge < -0.3 is 34.4 Å². The number of para-hydroxylation sites is 1. The largest absolute Gasteiger partial charge is 0.497 e. The number of amides is 1. The molecule has 0 unspecified atom stereocenters. The third-order valence-electron chi connectivity index (χ3n) is 6.42. The normalized spacial score (nSPS) is 10.8. The second-order valence-electron chi connectivity index (χ2n) is 10.6. The van der Waals surface area contributed by atoms with Crippen LogP contribution in [-0.4, -0.2) is 57.9 Å². The highest BCUT2D eigenvalue weighted by Gasteiger charge is 2.24. The Morgan fingerprint density at radius 1 is 1.07 bits per heavy atom. The highest BCUT2D eigenvalue weighted by molar-refractivity contribution is 14.1. The summed E-state index contributed by atoms with van der Waals surface area (Å²) in [6.07, 6.45) is 4.15. The van der Waals surface area contributed by atoms with E-state index in [1.54, 1.807) is 56.0 Å². The molecule has 0 saturated carbocycles. The summed E-state index contributed by atoms with van der Waals surface area (Å²) >= 11 is 1.65. The summed E-state index contributed by atoms with van der Waals surface area (Å²) in [5.74, 6) is 1.65. The van der Waals surface area contributed by atoms with Crippen molar-refractivity contribution in [3.63, 3.8) is 0 Å². The summed E-state index contributed by atoms with van der Waals surface area (Å²) in [6.45, 7) is 7.30. The number of carbonyl (C=O) groups is 2. The van der Waals surface area contributed by atoms with Gasteiger partial charge in [0.1, 0.15) is 36.6 Å². The van der Waals surface area contributed by atoms with Crippen molar-refractivity contribution < 1.29 is 28.9 Å². The molecule has 12 nitrogen and oxygen atoms in total. The fraction of sp³-hybridized carbons (Fsp3) is 0.438. The van der Waals surface area contributed by atoms with Crippen LogP contribution in [0.25, 0.3) is 21.9 Å². The lowest BCUT2D eigenvalue weighted by Crippen LogP contribution is -2.27. The predicted octanol–water partition coefficient (Wildman–Crippen LogP) is 5.65. The van der Waals surface area contributed by atoms with Gasteiger partial charge in [0.25, 0.3) is 0 Å². The summed E-state index contributed by atoms with van der Waals surface area (Å²) in [7, 11) is 1.60. The van der Waals surface area contributed by atoms with Crippen molar-refractivity contribution in [1.82, 2.24) is 14.5 Å². The first-order valence-corrected chi connectivity index (χ1v) is 16.0. The van der Waals surface area contributed by atoms with E-state index in [0.29, 0.717) is 36.4 Å². The molecule has 1 amide bonds. The SMILES string of the molecule is CCOCc1nc2c(NC(=O)OCc3ccc(OC)cc3)nc3ccccc3c2n1CC(C)(C)O.NCCCCCC=O.NI. The van der Waals surface area contributed by atoms with Crippen LogP contribution in [0.2, 0.25) is 0 Å². The number of ether oxygens (including phenoxy) is 3. The number of aliphatic hydroxyl groups is 1. The number of benzene rings is 2. The molecule has 0 bridgehead atoms. The van der Waals surface area contributed by atoms with E-state index in [2.05, 4.69) is 14.2 Å². The van der Waals surface area contributed by atoms with E-state index in [0.717, 1.165) is 54.3 Å². The first-order chi connectivity index (χ1) is 21.7. The third-order valence-corrected chi connectivity index (χ3v) is 6.42. The lowest BCUT2D eigenvalue weighted by molar-refractivity contribution is -0.107. The zero-order valence-electron chi connectivity index (χ0n) is 26.4. The van der Waals surface area contributed by atoms with Crippen LogP contribution in [0.5, 0.6) is 5.75 Å². The minimum atomic E-state index is -0.996. The Kier molecular flexibility index (Phi) is 16.7. The van der Waals surface area contributed by atoms with Crippen LogP contribution in [0.15, 0.2) is 48.5 Å². The van der Waals surface area contributed by atoms with Gasteiger partial charge in [0, 0.05) is 41.3 Å². The Balaban J connectivity index is 0.000000615. The van der Waals surface area contributed by atoms with Gasteiger partial charge in [-0.3, -0.25) is 9.26 Å². The molecule has 2 heterocycles. The standard InChI is InChI=1S/C26H30N4O5.C6H13NO.H2IN/c1-5-34-15-21-28-22-23(30(21)16-26(2,3)32)19-8-6-7-9-20(19)27-24(22)29-25(31)35-14-17-10-12-18(33-4)13-11-17;7-5-3-1-2-4-6-8;1-2/h6-13,32H,5,14-16H2,1-4H3,(H,27,29,31);6H,1-5,7H2;2H2. The highest BCUT2D eigenvalue weighted by atomic mass is 127. The Bertz CT molecular complexity index is 1470. The van der Waals surface area contributed by atoms with Crippen molar-refractivity contribution in [2.45, 2.75) is 71.8 Å².